The molecule has 1 aromatic carbocycles. The molecular formula is C13H18F2N2. The van der Waals surface area contributed by atoms with E-state index in [0.29, 0.717) is 13.0 Å². The number of benzene rings is 1. The molecule has 0 saturated heterocycles. The number of rotatable bonds is 3. The van der Waals surface area contributed by atoms with Crippen LogP contribution in [0.15, 0.2) is 24.3 Å². The fraction of sp³-hybridized carbons (Fsp3) is 0.538. The molecule has 94 valence electrons. The molecule has 1 aliphatic rings. The summed E-state index contributed by atoms with van der Waals surface area (Å²) in [6.45, 7) is 2.50. The monoisotopic (exact) mass is 240 g/mol. The van der Waals surface area contributed by atoms with Gasteiger partial charge in [0.05, 0.1) is 0 Å². The van der Waals surface area contributed by atoms with Gasteiger partial charge in [0.15, 0.2) is 0 Å². The first-order valence-corrected chi connectivity index (χ1v) is 5.97. The summed E-state index contributed by atoms with van der Waals surface area (Å²) >= 11 is 0. The second-order valence-electron chi connectivity index (χ2n) is 4.73. The van der Waals surface area contributed by atoms with Crippen LogP contribution in [0, 0.1) is 5.92 Å². The van der Waals surface area contributed by atoms with E-state index in [1.54, 1.807) is 6.07 Å². The standard InChI is InChI=1S/C13H18F2N2/c1-8(7-16)12-6-10(13(14)15)9-4-2-3-5-11(9)17-12/h2-5,8,10,12-13,17H,6-7,16H2,1H3. The van der Waals surface area contributed by atoms with Gasteiger partial charge in [0.2, 0.25) is 6.43 Å². The van der Waals surface area contributed by atoms with Gasteiger partial charge in [-0.15, -0.1) is 0 Å². The molecule has 1 aliphatic heterocycles. The summed E-state index contributed by atoms with van der Waals surface area (Å²) in [4.78, 5) is 0. The molecule has 4 heteroatoms. The van der Waals surface area contributed by atoms with Gasteiger partial charge >= 0.3 is 0 Å². The van der Waals surface area contributed by atoms with Crippen molar-refractivity contribution in [3.63, 3.8) is 0 Å². The van der Waals surface area contributed by atoms with Crippen molar-refractivity contribution in [3.8, 4) is 0 Å². The normalized spacial score (nSPS) is 25.2. The van der Waals surface area contributed by atoms with Crippen molar-refractivity contribution in [2.75, 3.05) is 11.9 Å². The molecule has 0 radical (unpaired) electrons. The maximum atomic E-state index is 13.1. The third-order valence-electron chi connectivity index (χ3n) is 3.57. The highest BCUT2D eigenvalue weighted by atomic mass is 19.3. The van der Waals surface area contributed by atoms with Crippen LogP contribution in [0.1, 0.15) is 24.8 Å². The van der Waals surface area contributed by atoms with E-state index in [-0.39, 0.29) is 12.0 Å². The average molecular weight is 240 g/mol. The van der Waals surface area contributed by atoms with Crippen molar-refractivity contribution >= 4 is 5.69 Å². The van der Waals surface area contributed by atoms with Crippen LogP contribution >= 0.6 is 0 Å². The maximum Gasteiger partial charge on any atom is 0.245 e. The SMILES string of the molecule is CC(CN)C1CC(C(F)F)c2ccccc2N1. The lowest BCUT2D eigenvalue weighted by Gasteiger charge is -2.35. The zero-order valence-electron chi connectivity index (χ0n) is 9.87. The molecule has 3 unspecified atom stereocenters. The number of halogens is 2. The van der Waals surface area contributed by atoms with Crippen LogP contribution in [-0.4, -0.2) is 19.0 Å². The Morgan fingerprint density at radius 1 is 1.41 bits per heavy atom. The predicted octanol–water partition coefficient (Wildman–Crippen LogP) is 2.81. The number of nitrogens with one attached hydrogen (secondary N) is 1. The lowest BCUT2D eigenvalue weighted by atomic mass is 9.83. The molecule has 0 fully saturated rings. The number of para-hydroxylation sites is 1. The Balaban J connectivity index is 2.29. The first-order chi connectivity index (χ1) is 8.13. The second kappa shape index (κ2) is 5.00. The minimum absolute atomic E-state index is 0.0360. The largest absolute Gasteiger partial charge is 0.382 e. The van der Waals surface area contributed by atoms with Crippen molar-refractivity contribution in [3.05, 3.63) is 29.8 Å². The van der Waals surface area contributed by atoms with Gasteiger partial charge in [0.25, 0.3) is 0 Å². The van der Waals surface area contributed by atoms with Crippen LogP contribution in [0.3, 0.4) is 0 Å². The van der Waals surface area contributed by atoms with E-state index in [9.17, 15) is 8.78 Å². The molecule has 3 atom stereocenters. The van der Waals surface area contributed by atoms with Gasteiger partial charge in [0.1, 0.15) is 0 Å². The number of hydrogen-bond donors (Lipinski definition) is 2. The highest BCUT2D eigenvalue weighted by Gasteiger charge is 2.33. The molecule has 2 rings (SSSR count). The molecule has 1 aromatic rings. The van der Waals surface area contributed by atoms with Crippen LogP contribution in [0.5, 0.6) is 0 Å². The third-order valence-corrected chi connectivity index (χ3v) is 3.57. The minimum atomic E-state index is -2.31. The summed E-state index contributed by atoms with van der Waals surface area (Å²) in [7, 11) is 0. The number of hydrogen-bond acceptors (Lipinski definition) is 2. The predicted molar refractivity (Wildman–Crippen MR) is 65.4 cm³/mol. The second-order valence-corrected chi connectivity index (χ2v) is 4.73. The van der Waals surface area contributed by atoms with Crippen molar-refractivity contribution in [1.29, 1.82) is 0 Å². The van der Waals surface area contributed by atoms with Crippen LogP contribution in [0.2, 0.25) is 0 Å². The summed E-state index contributed by atoms with van der Waals surface area (Å²) in [5.74, 6) is -0.476. The van der Waals surface area contributed by atoms with Crippen LogP contribution in [0.25, 0.3) is 0 Å². The first-order valence-electron chi connectivity index (χ1n) is 5.97. The molecular weight excluding hydrogens is 222 g/mol. The van der Waals surface area contributed by atoms with Gasteiger partial charge in [-0.25, -0.2) is 8.78 Å². The fourth-order valence-electron chi connectivity index (χ4n) is 2.39. The molecule has 0 bridgehead atoms. The van der Waals surface area contributed by atoms with Crippen LogP contribution in [0.4, 0.5) is 14.5 Å². The zero-order valence-corrected chi connectivity index (χ0v) is 9.87. The summed E-state index contributed by atoms with van der Waals surface area (Å²) in [5.41, 5.74) is 7.17. The van der Waals surface area contributed by atoms with Crippen molar-refractivity contribution < 1.29 is 8.78 Å². The highest BCUT2D eigenvalue weighted by molar-refractivity contribution is 5.56. The first kappa shape index (κ1) is 12.3. The van der Waals surface area contributed by atoms with E-state index >= 15 is 0 Å². The van der Waals surface area contributed by atoms with Gasteiger partial charge in [0, 0.05) is 17.6 Å². The van der Waals surface area contributed by atoms with Crippen molar-refractivity contribution in [1.82, 2.24) is 0 Å². The Bertz CT molecular complexity index is 381. The average Bonchev–Trinajstić information content (AvgIpc) is 2.36. The summed E-state index contributed by atoms with van der Waals surface area (Å²) in [5, 5.41) is 3.32. The molecule has 2 nitrogen and oxygen atoms in total. The molecule has 1 heterocycles. The molecule has 17 heavy (non-hydrogen) atoms. The fourth-order valence-corrected chi connectivity index (χ4v) is 2.39. The maximum absolute atomic E-state index is 13.1. The Hall–Kier alpha value is -1.16. The lowest BCUT2D eigenvalue weighted by Crippen LogP contribution is -2.38. The number of nitrogens with two attached hydrogens (primary N) is 1. The van der Waals surface area contributed by atoms with E-state index in [4.69, 9.17) is 5.73 Å². The molecule has 0 spiro atoms. The molecule has 3 N–H and O–H groups in total. The molecule has 0 saturated carbocycles. The van der Waals surface area contributed by atoms with Gasteiger partial charge in [-0.05, 0) is 30.5 Å². The van der Waals surface area contributed by atoms with Crippen LogP contribution < -0.4 is 11.1 Å². The van der Waals surface area contributed by atoms with Gasteiger partial charge in [-0.3, -0.25) is 0 Å². The number of anilines is 1. The van der Waals surface area contributed by atoms with E-state index < -0.39 is 12.3 Å². The van der Waals surface area contributed by atoms with E-state index in [1.807, 2.05) is 25.1 Å². The lowest BCUT2D eigenvalue weighted by molar-refractivity contribution is 0.103. The summed E-state index contributed by atoms with van der Waals surface area (Å²) in [6.07, 6.45) is -1.86. The number of fused-ring (bicyclic) bond motifs is 1. The summed E-state index contributed by atoms with van der Waals surface area (Å²) < 4.78 is 26.2. The topological polar surface area (TPSA) is 38.0 Å². The molecule has 0 amide bonds. The van der Waals surface area contributed by atoms with Gasteiger partial charge in [-0.1, -0.05) is 25.1 Å². The van der Waals surface area contributed by atoms with E-state index in [2.05, 4.69) is 5.32 Å². The smallest absolute Gasteiger partial charge is 0.245 e. The Kier molecular flexibility index (Phi) is 3.62. The molecule has 0 aliphatic carbocycles. The third kappa shape index (κ3) is 2.41. The quantitative estimate of drug-likeness (QED) is 0.852. The Morgan fingerprint density at radius 3 is 2.76 bits per heavy atom. The van der Waals surface area contributed by atoms with Crippen LogP contribution in [-0.2, 0) is 0 Å². The van der Waals surface area contributed by atoms with Gasteiger partial charge in [-0.2, -0.15) is 0 Å². The zero-order chi connectivity index (χ0) is 12.4. The Morgan fingerprint density at radius 2 is 2.12 bits per heavy atom. The minimum Gasteiger partial charge on any atom is -0.382 e. The van der Waals surface area contributed by atoms with E-state index in [1.165, 1.54) is 0 Å². The van der Waals surface area contributed by atoms with Crippen molar-refractivity contribution in [2.24, 2.45) is 11.7 Å². The van der Waals surface area contributed by atoms with Crippen molar-refractivity contribution in [2.45, 2.75) is 31.7 Å². The summed E-state index contributed by atoms with van der Waals surface area (Å²) in [6, 6.07) is 7.35. The number of alkyl halides is 2. The Labute approximate surface area is 100 Å². The molecule has 0 aromatic heterocycles. The van der Waals surface area contributed by atoms with E-state index in [0.717, 1.165) is 11.3 Å². The van der Waals surface area contributed by atoms with Gasteiger partial charge < -0.3 is 11.1 Å². The highest BCUT2D eigenvalue weighted by Crippen LogP contribution is 2.39.